The van der Waals surface area contributed by atoms with Crippen LogP contribution < -0.4 is 5.32 Å². The van der Waals surface area contributed by atoms with Crippen molar-refractivity contribution in [1.82, 2.24) is 25.0 Å². The minimum absolute atomic E-state index is 0.146. The molecule has 0 aliphatic carbocycles. The first-order valence-corrected chi connectivity index (χ1v) is 9.89. The van der Waals surface area contributed by atoms with Crippen LogP contribution in [-0.4, -0.2) is 38.7 Å². The van der Waals surface area contributed by atoms with E-state index in [9.17, 15) is 9.18 Å². The molecule has 2 heterocycles. The normalized spacial score (nSPS) is 14.3. The van der Waals surface area contributed by atoms with E-state index in [2.05, 4.69) is 20.4 Å². The van der Waals surface area contributed by atoms with E-state index >= 15 is 0 Å². The minimum Gasteiger partial charge on any atom is -0.345 e. The summed E-state index contributed by atoms with van der Waals surface area (Å²) in [5.41, 5.74) is 1.12. The number of rotatable bonds is 5. The van der Waals surface area contributed by atoms with E-state index in [1.54, 1.807) is 24.3 Å². The number of carbonyl (C=O) groups excluding carboxylic acids is 1. The van der Waals surface area contributed by atoms with Gasteiger partial charge in [-0.15, -0.1) is 10.2 Å². The molecule has 0 bridgehead atoms. The van der Waals surface area contributed by atoms with Crippen molar-refractivity contribution in [3.8, 4) is 0 Å². The summed E-state index contributed by atoms with van der Waals surface area (Å²) < 4.78 is 16.1. The highest BCUT2D eigenvalue weighted by Gasteiger charge is 2.20. The molecular weight excluding hydrogens is 393 g/mol. The predicted molar refractivity (Wildman–Crippen MR) is 108 cm³/mol. The van der Waals surface area contributed by atoms with Gasteiger partial charge in [-0.1, -0.05) is 35.9 Å². The highest BCUT2D eigenvalue weighted by atomic mass is 35.5. The first-order valence-electron chi connectivity index (χ1n) is 9.51. The Morgan fingerprint density at radius 1 is 1.07 bits per heavy atom. The maximum absolute atomic E-state index is 14.1. The van der Waals surface area contributed by atoms with E-state index in [0.717, 1.165) is 24.7 Å². The summed E-state index contributed by atoms with van der Waals surface area (Å²) >= 11 is 6.17. The first-order chi connectivity index (χ1) is 14.1. The van der Waals surface area contributed by atoms with Crippen molar-refractivity contribution in [2.75, 3.05) is 13.1 Å². The highest BCUT2D eigenvalue weighted by molar-refractivity contribution is 6.31. The minimum atomic E-state index is -0.287. The molecule has 1 N–H and O–H groups in total. The van der Waals surface area contributed by atoms with Crippen molar-refractivity contribution in [3.05, 3.63) is 82.1 Å². The van der Waals surface area contributed by atoms with E-state index in [1.165, 1.54) is 6.07 Å². The van der Waals surface area contributed by atoms with Gasteiger partial charge in [0.25, 0.3) is 5.91 Å². The van der Waals surface area contributed by atoms with Crippen molar-refractivity contribution in [2.45, 2.75) is 26.1 Å². The number of benzene rings is 2. The van der Waals surface area contributed by atoms with Crippen molar-refractivity contribution < 1.29 is 9.18 Å². The fourth-order valence-electron chi connectivity index (χ4n) is 3.47. The van der Waals surface area contributed by atoms with Gasteiger partial charge in [-0.25, -0.2) is 4.39 Å². The van der Waals surface area contributed by atoms with Gasteiger partial charge in [-0.05, 0) is 24.3 Å². The number of fused-ring (bicyclic) bond motifs is 1. The molecule has 150 valence electrons. The van der Waals surface area contributed by atoms with Gasteiger partial charge in [-0.3, -0.25) is 9.69 Å². The average Bonchev–Trinajstić information content (AvgIpc) is 3.01. The number of carbonyl (C=O) groups is 1. The van der Waals surface area contributed by atoms with E-state index in [1.807, 2.05) is 22.8 Å². The Morgan fingerprint density at radius 2 is 1.90 bits per heavy atom. The van der Waals surface area contributed by atoms with E-state index < -0.39 is 0 Å². The van der Waals surface area contributed by atoms with E-state index in [0.29, 0.717) is 42.2 Å². The second-order valence-corrected chi connectivity index (χ2v) is 7.37. The zero-order chi connectivity index (χ0) is 20.2. The monoisotopic (exact) mass is 413 g/mol. The van der Waals surface area contributed by atoms with Crippen LogP contribution in [0.5, 0.6) is 0 Å². The first kappa shape index (κ1) is 19.5. The standard InChI is InChI=1S/C21H21ClFN5O/c22-17-7-4-8-18(23)16(17)14-27-10-9-19-25-26-20(28(19)12-11-27)13-24-21(29)15-5-2-1-3-6-15/h1-8H,9-14H2,(H,24,29). The van der Waals surface area contributed by atoms with Gasteiger partial charge in [-0.2, -0.15) is 0 Å². The van der Waals surface area contributed by atoms with E-state index in [-0.39, 0.29) is 11.7 Å². The molecule has 2 aromatic carbocycles. The number of amides is 1. The molecule has 1 aliphatic heterocycles. The molecular formula is C21H21ClFN5O. The van der Waals surface area contributed by atoms with Gasteiger partial charge < -0.3 is 9.88 Å². The number of hydrogen-bond donors (Lipinski definition) is 1. The van der Waals surface area contributed by atoms with Crippen LogP contribution >= 0.6 is 11.6 Å². The number of halogens is 2. The average molecular weight is 414 g/mol. The van der Waals surface area contributed by atoms with Gasteiger partial charge in [0.05, 0.1) is 6.54 Å². The number of nitrogens with zero attached hydrogens (tertiary/aromatic N) is 4. The topological polar surface area (TPSA) is 63.1 Å². The summed E-state index contributed by atoms with van der Waals surface area (Å²) in [4.78, 5) is 14.4. The second kappa shape index (κ2) is 8.71. The Morgan fingerprint density at radius 3 is 2.69 bits per heavy atom. The lowest BCUT2D eigenvalue weighted by atomic mass is 10.2. The third-order valence-electron chi connectivity index (χ3n) is 5.08. The summed E-state index contributed by atoms with van der Waals surface area (Å²) in [7, 11) is 0. The highest BCUT2D eigenvalue weighted by Crippen LogP contribution is 2.22. The molecule has 4 rings (SSSR count). The Labute approximate surface area is 173 Å². The largest absolute Gasteiger partial charge is 0.345 e. The fourth-order valence-corrected chi connectivity index (χ4v) is 3.70. The third kappa shape index (κ3) is 4.46. The molecule has 1 aliphatic rings. The van der Waals surface area contributed by atoms with Crippen LogP contribution in [0.25, 0.3) is 0 Å². The molecule has 29 heavy (non-hydrogen) atoms. The van der Waals surface area contributed by atoms with Crippen LogP contribution in [0.15, 0.2) is 48.5 Å². The van der Waals surface area contributed by atoms with Crippen molar-refractivity contribution in [2.24, 2.45) is 0 Å². The number of nitrogens with one attached hydrogen (secondary N) is 1. The second-order valence-electron chi connectivity index (χ2n) is 6.96. The Bertz CT molecular complexity index is 987. The molecule has 1 amide bonds. The predicted octanol–water partition coefficient (Wildman–Crippen LogP) is 3.06. The quantitative estimate of drug-likeness (QED) is 0.698. The van der Waals surface area contributed by atoms with Crippen LogP contribution in [0.3, 0.4) is 0 Å². The van der Waals surface area contributed by atoms with Crippen molar-refractivity contribution in [1.29, 1.82) is 0 Å². The Hall–Kier alpha value is -2.77. The van der Waals surface area contributed by atoms with Crippen LogP contribution in [0.1, 0.15) is 27.6 Å². The lowest BCUT2D eigenvalue weighted by molar-refractivity contribution is 0.0949. The van der Waals surface area contributed by atoms with Crippen LogP contribution in [0.2, 0.25) is 5.02 Å². The molecule has 3 aromatic rings. The summed E-state index contributed by atoms with van der Waals surface area (Å²) in [6, 6.07) is 13.8. The lowest BCUT2D eigenvalue weighted by Crippen LogP contribution is -2.28. The zero-order valence-electron chi connectivity index (χ0n) is 15.8. The molecule has 0 fully saturated rings. The lowest BCUT2D eigenvalue weighted by Gasteiger charge is -2.20. The van der Waals surface area contributed by atoms with Gasteiger partial charge >= 0.3 is 0 Å². The van der Waals surface area contributed by atoms with Crippen molar-refractivity contribution in [3.63, 3.8) is 0 Å². The Kier molecular flexibility index (Phi) is 5.87. The SMILES string of the molecule is O=C(NCc1nnc2n1CCN(Cc1c(F)cccc1Cl)CC2)c1ccccc1. The Balaban J connectivity index is 1.40. The number of hydrogen-bond acceptors (Lipinski definition) is 4. The van der Waals surface area contributed by atoms with Crippen molar-refractivity contribution >= 4 is 17.5 Å². The summed E-state index contributed by atoms with van der Waals surface area (Å²) in [6.07, 6.45) is 0.700. The molecule has 1 aromatic heterocycles. The third-order valence-corrected chi connectivity index (χ3v) is 5.44. The molecule has 0 saturated heterocycles. The van der Waals surface area contributed by atoms with E-state index in [4.69, 9.17) is 11.6 Å². The maximum Gasteiger partial charge on any atom is 0.251 e. The summed E-state index contributed by atoms with van der Waals surface area (Å²) in [5, 5.41) is 11.9. The molecule has 6 nitrogen and oxygen atoms in total. The fraction of sp³-hybridized carbons (Fsp3) is 0.286. The molecule has 0 radical (unpaired) electrons. The summed E-state index contributed by atoms with van der Waals surface area (Å²) in [5.74, 6) is 1.16. The van der Waals surface area contributed by atoms with Crippen LogP contribution in [-0.2, 0) is 26.1 Å². The summed E-state index contributed by atoms with van der Waals surface area (Å²) in [6.45, 7) is 2.88. The smallest absolute Gasteiger partial charge is 0.251 e. The zero-order valence-corrected chi connectivity index (χ0v) is 16.6. The molecule has 0 saturated carbocycles. The van der Waals surface area contributed by atoms with Gasteiger partial charge in [0.2, 0.25) is 0 Å². The van der Waals surface area contributed by atoms with Gasteiger partial charge in [0.15, 0.2) is 5.82 Å². The number of aromatic nitrogens is 3. The van der Waals surface area contributed by atoms with Gasteiger partial charge in [0.1, 0.15) is 11.6 Å². The maximum atomic E-state index is 14.1. The molecule has 0 spiro atoms. The van der Waals surface area contributed by atoms with Crippen LogP contribution in [0.4, 0.5) is 4.39 Å². The molecule has 0 atom stereocenters. The van der Waals surface area contributed by atoms with Crippen LogP contribution in [0, 0.1) is 5.82 Å². The molecule has 0 unspecified atom stereocenters. The van der Waals surface area contributed by atoms with Gasteiger partial charge in [0, 0.05) is 48.7 Å². The molecule has 8 heteroatoms.